The van der Waals surface area contributed by atoms with Crippen molar-refractivity contribution in [2.24, 2.45) is 5.41 Å². The summed E-state index contributed by atoms with van der Waals surface area (Å²) in [6, 6.07) is 8.28. The molecular formula is C24H26N2O5. The van der Waals surface area contributed by atoms with E-state index in [0.717, 1.165) is 18.5 Å². The van der Waals surface area contributed by atoms with Crippen molar-refractivity contribution in [1.82, 2.24) is 5.32 Å². The van der Waals surface area contributed by atoms with Crippen LogP contribution in [0.15, 0.2) is 65.5 Å². The topological polar surface area (TPSA) is 90.7 Å². The molecule has 0 aromatic heterocycles. The van der Waals surface area contributed by atoms with Crippen LogP contribution in [0.1, 0.15) is 30.4 Å². The average Bonchev–Trinajstić information content (AvgIpc) is 3.47. The number of hydrogen-bond donors (Lipinski definition) is 1. The Bertz CT molecular complexity index is 1020. The summed E-state index contributed by atoms with van der Waals surface area (Å²) in [5, 5.41) is 14.9. The van der Waals surface area contributed by atoms with E-state index in [9.17, 15) is 14.9 Å². The number of allylic oxidation sites excluding steroid dienone is 3. The molecule has 0 radical (unpaired) electrons. The largest absolute Gasteiger partial charge is 0.465 e. The number of carbonyl (C=O) groups excluding carboxylic acids is 1. The standard InChI is InChI=1S/C24H26N2O5/c1-30-16-23-14-24(23,12-13-25-15-23)19-10-7-17(8-11-19)6-9-18-4-3-5-20(22(27)31-2)21(18)26(28)29/h4,6-13,25H,3,5,14-16H2,1-2H3/b9-6+. The number of nitro groups is 1. The number of benzene rings is 1. The van der Waals surface area contributed by atoms with Gasteiger partial charge in [-0.15, -0.1) is 0 Å². The minimum absolute atomic E-state index is 0.000653. The summed E-state index contributed by atoms with van der Waals surface area (Å²) in [6.45, 7) is 1.60. The molecule has 2 aliphatic carbocycles. The van der Waals surface area contributed by atoms with Gasteiger partial charge in [0.25, 0.3) is 5.70 Å². The quantitative estimate of drug-likeness (QED) is 0.411. The van der Waals surface area contributed by atoms with Crippen LogP contribution < -0.4 is 5.32 Å². The van der Waals surface area contributed by atoms with Gasteiger partial charge in [-0.05, 0) is 42.7 Å². The van der Waals surface area contributed by atoms with E-state index in [0.29, 0.717) is 25.0 Å². The third kappa shape index (κ3) is 3.59. The van der Waals surface area contributed by atoms with Crippen LogP contribution in [0.5, 0.6) is 0 Å². The van der Waals surface area contributed by atoms with E-state index < -0.39 is 10.9 Å². The van der Waals surface area contributed by atoms with Crippen molar-refractivity contribution in [1.29, 1.82) is 0 Å². The van der Waals surface area contributed by atoms with E-state index in [-0.39, 0.29) is 22.1 Å². The molecule has 1 aromatic carbocycles. The van der Waals surface area contributed by atoms with Crippen LogP contribution >= 0.6 is 0 Å². The van der Waals surface area contributed by atoms with Crippen LogP contribution in [-0.4, -0.2) is 38.3 Å². The Morgan fingerprint density at radius 1 is 1.26 bits per heavy atom. The second-order valence-corrected chi connectivity index (χ2v) is 8.31. The molecule has 7 heteroatoms. The molecule has 7 nitrogen and oxygen atoms in total. The van der Waals surface area contributed by atoms with Crippen molar-refractivity contribution in [3.05, 3.63) is 86.8 Å². The Kier molecular flexibility index (Phi) is 5.54. The van der Waals surface area contributed by atoms with Crippen LogP contribution in [0, 0.1) is 15.5 Å². The molecule has 1 aromatic rings. The van der Waals surface area contributed by atoms with E-state index in [2.05, 4.69) is 23.5 Å². The summed E-state index contributed by atoms with van der Waals surface area (Å²) in [5.74, 6) is -0.645. The van der Waals surface area contributed by atoms with E-state index in [1.54, 1.807) is 19.3 Å². The molecule has 0 saturated heterocycles. The number of ether oxygens (including phenoxy) is 2. The first-order chi connectivity index (χ1) is 15.0. The number of nitrogens with one attached hydrogen (secondary N) is 1. The fourth-order valence-corrected chi connectivity index (χ4v) is 4.94. The van der Waals surface area contributed by atoms with Crippen LogP contribution in [0.3, 0.4) is 0 Å². The Balaban J connectivity index is 1.56. The molecular weight excluding hydrogens is 396 g/mol. The van der Waals surface area contributed by atoms with Gasteiger partial charge in [0.05, 0.1) is 18.6 Å². The van der Waals surface area contributed by atoms with Gasteiger partial charge in [0, 0.05) is 30.1 Å². The lowest BCUT2D eigenvalue weighted by Crippen LogP contribution is -2.34. The van der Waals surface area contributed by atoms with Crippen LogP contribution in [0.2, 0.25) is 0 Å². The first kappa shape index (κ1) is 21.1. The maximum atomic E-state index is 11.9. The number of hydrogen-bond acceptors (Lipinski definition) is 6. The molecule has 31 heavy (non-hydrogen) atoms. The molecule has 1 N–H and O–H groups in total. The minimum Gasteiger partial charge on any atom is -0.465 e. The van der Waals surface area contributed by atoms with E-state index in [1.807, 2.05) is 24.4 Å². The SMILES string of the molecule is COCC12CNC=CC1(c1ccc(/C=C/C3=CCCC(C(=O)OC)=C3[N+](=O)[O-])cc1)C2. The highest BCUT2D eigenvalue weighted by Crippen LogP contribution is 2.66. The van der Waals surface area contributed by atoms with Gasteiger partial charge in [0.1, 0.15) is 5.57 Å². The van der Waals surface area contributed by atoms with Crippen molar-refractivity contribution in [3.63, 3.8) is 0 Å². The lowest BCUT2D eigenvalue weighted by Gasteiger charge is -2.27. The van der Waals surface area contributed by atoms with E-state index in [1.165, 1.54) is 12.7 Å². The Labute approximate surface area is 181 Å². The Morgan fingerprint density at radius 3 is 2.71 bits per heavy atom. The van der Waals surface area contributed by atoms with Crippen molar-refractivity contribution in [2.45, 2.75) is 24.7 Å². The lowest BCUT2D eigenvalue weighted by atomic mass is 9.84. The van der Waals surface area contributed by atoms with Gasteiger partial charge in [-0.25, -0.2) is 4.79 Å². The molecule has 1 heterocycles. The fraction of sp³-hybridized carbons (Fsp3) is 0.375. The second-order valence-electron chi connectivity index (χ2n) is 8.31. The summed E-state index contributed by atoms with van der Waals surface area (Å²) in [4.78, 5) is 23.0. The number of fused-ring (bicyclic) bond motifs is 1. The third-order valence-corrected chi connectivity index (χ3v) is 6.60. The molecule has 3 aliphatic rings. The number of methoxy groups -OCH3 is 2. The van der Waals surface area contributed by atoms with Crippen LogP contribution in [-0.2, 0) is 19.7 Å². The Morgan fingerprint density at radius 2 is 2.03 bits per heavy atom. The summed E-state index contributed by atoms with van der Waals surface area (Å²) in [6.07, 6.45) is 11.5. The summed E-state index contributed by atoms with van der Waals surface area (Å²) >= 11 is 0. The van der Waals surface area contributed by atoms with Crippen molar-refractivity contribution >= 4 is 12.0 Å². The molecule has 1 saturated carbocycles. The van der Waals surface area contributed by atoms with E-state index >= 15 is 0 Å². The molecule has 0 amide bonds. The second kappa shape index (κ2) is 8.15. The summed E-state index contributed by atoms with van der Waals surface area (Å²) in [7, 11) is 2.98. The van der Waals surface area contributed by atoms with Gasteiger partial charge in [0.2, 0.25) is 0 Å². The number of nitrogens with zero attached hydrogens (tertiary/aromatic N) is 1. The zero-order chi connectivity index (χ0) is 22.1. The van der Waals surface area contributed by atoms with Gasteiger partial charge < -0.3 is 14.8 Å². The highest BCUT2D eigenvalue weighted by atomic mass is 16.6. The van der Waals surface area contributed by atoms with Gasteiger partial charge >= 0.3 is 5.97 Å². The molecule has 2 atom stereocenters. The normalized spacial score (nSPS) is 26.8. The zero-order valence-corrected chi connectivity index (χ0v) is 17.7. The van der Waals surface area contributed by atoms with Crippen molar-refractivity contribution in [2.75, 3.05) is 27.4 Å². The van der Waals surface area contributed by atoms with Crippen molar-refractivity contribution < 1.29 is 19.2 Å². The maximum Gasteiger partial charge on any atom is 0.340 e. The first-order valence-electron chi connectivity index (χ1n) is 10.3. The number of esters is 1. The average molecular weight is 422 g/mol. The van der Waals surface area contributed by atoms with Gasteiger partial charge in [0.15, 0.2) is 0 Å². The summed E-state index contributed by atoms with van der Waals surface area (Å²) < 4.78 is 10.2. The highest BCUT2D eigenvalue weighted by molar-refractivity contribution is 5.90. The van der Waals surface area contributed by atoms with E-state index in [4.69, 9.17) is 9.47 Å². The smallest absolute Gasteiger partial charge is 0.340 e. The molecule has 4 rings (SSSR count). The Hall–Kier alpha value is -3.19. The molecule has 2 unspecified atom stereocenters. The zero-order valence-electron chi connectivity index (χ0n) is 17.7. The molecule has 1 fully saturated rings. The van der Waals surface area contributed by atoms with Gasteiger partial charge in [-0.3, -0.25) is 10.1 Å². The number of rotatable bonds is 7. The maximum absolute atomic E-state index is 11.9. The molecule has 162 valence electrons. The monoisotopic (exact) mass is 422 g/mol. The lowest BCUT2D eigenvalue weighted by molar-refractivity contribution is -0.421. The molecule has 0 spiro atoms. The predicted molar refractivity (Wildman–Crippen MR) is 117 cm³/mol. The predicted octanol–water partition coefficient (Wildman–Crippen LogP) is 3.52. The number of carbonyl (C=O) groups is 1. The summed E-state index contributed by atoms with van der Waals surface area (Å²) in [5.41, 5.74) is 2.65. The third-order valence-electron chi connectivity index (χ3n) is 6.60. The van der Waals surface area contributed by atoms with Crippen LogP contribution in [0.25, 0.3) is 6.08 Å². The highest BCUT2D eigenvalue weighted by Gasteiger charge is 2.67. The molecule has 1 aliphatic heterocycles. The van der Waals surface area contributed by atoms with Crippen LogP contribution in [0.4, 0.5) is 0 Å². The van der Waals surface area contributed by atoms with Gasteiger partial charge in [-0.2, -0.15) is 0 Å². The van der Waals surface area contributed by atoms with Crippen molar-refractivity contribution in [3.8, 4) is 0 Å². The first-order valence-corrected chi connectivity index (χ1v) is 10.3. The minimum atomic E-state index is -0.645. The van der Waals surface area contributed by atoms with Gasteiger partial charge in [-0.1, -0.05) is 42.5 Å². The molecule has 0 bridgehead atoms. The fourth-order valence-electron chi connectivity index (χ4n) is 4.94.